The van der Waals surface area contributed by atoms with Crippen molar-refractivity contribution in [3.63, 3.8) is 0 Å². The fourth-order valence-corrected chi connectivity index (χ4v) is 2.31. The predicted octanol–water partition coefficient (Wildman–Crippen LogP) is 4.28. The Labute approximate surface area is 129 Å². The largest absolute Gasteiger partial charge is 0.370 e. The van der Waals surface area contributed by atoms with E-state index in [1.807, 2.05) is 13.2 Å². The zero-order valence-electron chi connectivity index (χ0n) is 11.1. The van der Waals surface area contributed by atoms with Crippen LogP contribution in [0.5, 0.6) is 0 Å². The summed E-state index contributed by atoms with van der Waals surface area (Å²) in [5, 5.41) is 6.89. The van der Waals surface area contributed by atoms with Crippen LogP contribution in [0.25, 0.3) is 0 Å². The highest BCUT2D eigenvalue weighted by atomic mass is 79.9. The minimum atomic E-state index is -0.304. The third kappa shape index (κ3) is 3.83. The van der Waals surface area contributed by atoms with Crippen LogP contribution >= 0.6 is 27.7 Å². The molecule has 0 saturated heterocycles. The van der Waals surface area contributed by atoms with Gasteiger partial charge in [-0.3, -0.25) is 0 Å². The Hall–Kier alpha value is -1.34. The average molecular weight is 357 g/mol. The molecule has 0 saturated carbocycles. The molecular weight excluding hydrogens is 343 g/mol. The van der Waals surface area contributed by atoms with E-state index in [4.69, 9.17) is 0 Å². The number of rotatable bonds is 5. The van der Waals surface area contributed by atoms with E-state index in [9.17, 15) is 4.39 Å². The van der Waals surface area contributed by atoms with Crippen molar-refractivity contribution >= 4 is 45.0 Å². The second-order valence-electron chi connectivity index (χ2n) is 3.90. The first-order chi connectivity index (χ1) is 9.62. The summed E-state index contributed by atoms with van der Waals surface area (Å²) >= 11 is 4.83. The molecule has 0 amide bonds. The molecule has 2 rings (SSSR count). The molecule has 0 aliphatic heterocycles. The van der Waals surface area contributed by atoms with Crippen LogP contribution in [0.4, 0.5) is 21.7 Å². The molecule has 0 spiro atoms. The quantitative estimate of drug-likeness (QED) is 0.618. The molecule has 7 heteroatoms. The van der Waals surface area contributed by atoms with Gasteiger partial charge < -0.3 is 10.6 Å². The van der Waals surface area contributed by atoms with Crippen molar-refractivity contribution in [2.75, 3.05) is 23.4 Å². The molecule has 1 aromatic carbocycles. The highest BCUT2D eigenvalue weighted by Crippen LogP contribution is 2.27. The van der Waals surface area contributed by atoms with Crippen molar-refractivity contribution in [2.45, 2.75) is 12.1 Å². The summed E-state index contributed by atoms with van der Waals surface area (Å²) in [6.45, 7) is 2.77. The molecule has 0 atom stereocenters. The SMILES string of the molecule is CCNc1cc(Nc2cc(F)ccc2Br)nc(SC)n1. The predicted molar refractivity (Wildman–Crippen MR) is 85.4 cm³/mol. The fourth-order valence-electron chi connectivity index (χ4n) is 1.58. The third-order valence-electron chi connectivity index (χ3n) is 2.44. The second-order valence-corrected chi connectivity index (χ2v) is 5.53. The normalized spacial score (nSPS) is 10.4. The Bertz CT molecular complexity index is 609. The molecule has 0 aliphatic carbocycles. The molecule has 1 heterocycles. The number of nitrogens with zero attached hydrogens (tertiary/aromatic N) is 2. The summed E-state index contributed by atoms with van der Waals surface area (Å²) in [5.74, 6) is 1.05. The van der Waals surface area contributed by atoms with Gasteiger partial charge in [-0.2, -0.15) is 0 Å². The minimum absolute atomic E-state index is 0.304. The fraction of sp³-hybridized carbons (Fsp3) is 0.231. The maximum atomic E-state index is 13.3. The van der Waals surface area contributed by atoms with Crippen LogP contribution in [-0.2, 0) is 0 Å². The molecular formula is C13H14BrFN4S. The van der Waals surface area contributed by atoms with Gasteiger partial charge in [-0.1, -0.05) is 11.8 Å². The number of nitrogens with one attached hydrogen (secondary N) is 2. The molecule has 4 nitrogen and oxygen atoms in total. The van der Waals surface area contributed by atoms with Gasteiger partial charge in [0.25, 0.3) is 0 Å². The van der Waals surface area contributed by atoms with Gasteiger partial charge in [-0.05, 0) is 47.3 Å². The van der Waals surface area contributed by atoms with Gasteiger partial charge in [-0.25, -0.2) is 14.4 Å². The minimum Gasteiger partial charge on any atom is -0.370 e. The summed E-state index contributed by atoms with van der Waals surface area (Å²) in [6, 6.07) is 6.25. The van der Waals surface area contributed by atoms with Gasteiger partial charge in [0.1, 0.15) is 17.5 Å². The summed E-state index contributed by atoms with van der Waals surface area (Å²) in [4.78, 5) is 8.70. The number of hydrogen-bond acceptors (Lipinski definition) is 5. The van der Waals surface area contributed by atoms with Crippen molar-refractivity contribution in [2.24, 2.45) is 0 Å². The average Bonchev–Trinajstić information content (AvgIpc) is 2.43. The Morgan fingerprint density at radius 2 is 2.00 bits per heavy atom. The van der Waals surface area contributed by atoms with E-state index < -0.39 is 0 Å². The molecule has 2 aromatic rings. The smallest absolute Gasteiger partial charge is 0.191 e. The van der Waals surface area contributed by atoms with Crippen LogP contribution in [0.15, 0.2) is 33.9 Å². The number of benzene rings is 1. The van der Waals surface area contributed by atoms with Crippen LogP contribution in [-0.4, -0.2) is 22.8 Å². The van der Waals surface area contributed by atoms with Gasteiger partial charge in [-0.15, -0.1) is 0 Å². The zero-order valence-corrected chi connectivity index (χ0v) is 13.5. The first-order valence-corrected chi connectivity index (χ1v) is 8.03. The van der Waals surface area contributed by atoms with Gasteiger partial charge in [0.2, 0.25) is 0 Å². The Morgan fingerprint density at radius 1 is 1.25 bits per heavy atom. The zero-order chi connectivity index (χ0) is 14.5. The first-order valence-electron chi connectivity index (χ1n) is 6.01. The van der Waals surface area contributed by atoms with Gasteiger partial charge >= 0.3 is 0 Å². The van der Waals surface area contributed by atoms with Crippen LogP contribution in [0.1, 0.15) is 6.92 Å². The lowest BCUT2D eigenvalue weighted by Gasteiger charge is -2.11. The highest BCUT2D eigenvalue weighted by Gasteiger charge is 2.07. The van der Waals surface area contributed by atoms with Crippen molar-refractivity contribution in [3.05, 3.63) is 34.6 Å². The lowest BCUT2D eigenvalue weighted by atomic mass is 10.3. The van der Waals surface area contributed by atoms with Crippen molar-refractivity contribution in [1.29, 1.82) is 0 Å². The molecule has 0 bridgehead atoms. The van der Waals surface area contributed by atoms with Crippen LogP contribution in [0.3, 0.4) is 0 Å². The van der Waals surface area contributed by atoms with Gasteiger partial charge in [0.05, 0.1) is 5.69 Å². The lowest BCUT2D eigenvalue weighted by Crippen LogP contribution is -2.04. The monoisotopic (exact) mass is 356 g/mol. The van der Waals surface area contributed by atoms with E-state index in [-0.39, 0.29) is 5.82 Å². The van der Waals surface area contributed by atoms with E-state index in [0.717, 1.165) is 16.8 Å². The topological polar surface area (TPSA) is 49.8 Å². The third-order valence-corrected chi connectivity index (χ3v) is 3.68. The standard InChI is InChI=1S/C13H14BrFN4S/c1-3-16-11-7-12(19-13(18-11)20-2)17-10-6-8(15)4-5-9(10)14/h4-7H,3H2,1-2H3,(H2,16,17,18,19). The van der Waals surface area contributed by atoms with E-state index in [0.29, 0.717) is 16.7 Å². The maximum absolute atomic E-state index is 13.3. The van der Waals surface area contributed by atoms with E-state index in [1.54, 1.807) is 12.1 Å². The highest BCUT2D eigenvalue weighted by molar-refractivity contribution is 9.10. The van der Waals surface area contributed by atoms with Crippen molar-refractivity contribution in [3.8, 4) is 0 Å². The van der Waals surface area contributed by atoms with Crippen LogP contribution < -0.4 is 10.6 Å². The summed E-state index contributed by atoms with van der Waals surface area (Å²) in [7, 11) is 0. The number of anilines is 3. The number of aromatic nitrogens is 2. The Kier molecular flexibility index (Phi) is 5.19. The van der Waals surface area contributed by atoms with Crippen LogP contribution in [0, 0.1) is 5.82 Å². The summed E-state index contributed by atoms with van der Waals surface area (Å²) in [5.41, 5.74) is 0.623. The van der Waals surface area contributed by atoms with Gasteiger partial charge in [0.15, 0.2) is 5.16 Å². The van der Waals surface area contributed by atoms with E-state index >= 15 is 0 Å². The number of hydrogen-bond donors (Lipinski definition) is 2. The summed E-state index contributed by atoms with van der Waals surface area (Å²) < 4.78 is 14.1. The molecule has 0 aliphatic rings. The molecule has 20 heavy (non-hydrogen) atoms. The second kappa shape index (κ2) is 6.90. The first kappa shape index (κ1) is 15.1. The molecule has 106 valence electrons. The Balaban J connectivity index is 2.32. The molecule has 0 unspecified atom stereocenters. The van der Waals surface area contributed by atoms with Crippen LogP contribution in [0.2, 0.25) is 0 Å². The molecule has 2 N–H and O–H groups in total. The maximum Gasteiger partial charge on any atom is 0.191 e. The lowest BCUT2D eigenvalue weighted by molar-refractivity contribution is 0.628. The van der Waals surface area contributed by atoms with Crippen molar-refractivity contribution < 1.29 is 4.39 Å². The number of thioether (sulfide) groups is 1. The van der Waals surface area contributed by atoms with E-state index in [1.165, 1.54) is 23.9 Å². The molecule has 1 aromatic heterocycles. The summed E-state index contributed by atoms with van der Waals surface area (Å²) in [6.07, 6.45) is 1.91. The number of halogens is 2. The van der Waals surface area contributed by atoms with Crippen molar-refractivity contribution in [1.82, 2.24) is 9.97 Å². The molecule has 0 radical (unpaired) electrons. The van der Waals surface area contributed by atoms with E-state index in [2.05, 4.69) is 36.5 Å². The Morgan fingerprint density at radius 3 is 2.70 bits per heavy atom. The molecule has 0 fully saturated rings. The van der Waals surface area contributed by atoms with Gasteiger partial charge in [0, 0.05) is 17.1 Å².